The van der Waals surface area contributed by atoms with E-state index in [0.29, 0.717) is 29.0 Å². The van der Waals surface area contributed by atoms with Crippen LogP contribution in [0.15, 0.2) is 91.3 Å². The topological polar surface area (TPSA) is 104 Å². The summed E-state index contributed by atoms with van der Waals surface area (Å²) in [5.41, 5.74) is 5.18. The lowest BCUT2D eigenvalue weighted by Crippen LogP contribution is -2.31. The van der Waals surface area contributed by atoms with Crippen molar-refractivity contribution in [1.82, 2.24) is 15.2 Å². The summed E-state index contributed by atoms with van der Waals surface area (Å²) in [6, 6.07) is 22.9. The van der Waals surface area contributed by atoms with Gasteiger partial charge in [0.1, 0.15) is 12.4 Å². The molecule has 0 saturated heterocycles. The number of anilines is 1. The summed E-state index contributed by atoms with van der Waals surface area (Å²) >= 11 is 0. The lowest BCUT2D eigenvalue weighted by atomic mass is 10.0. The van der Waals surface area contributed by atoms with Crippen LogP contribution in [0.1, 0.15) is 37.9 Å². The van der Waals surface area contributed by atoms with E-state index in [1.165, 1.54) is 0 Å². The summed E-state index contributed by atoms with van der Waals surface area (Å²) in [6.07, 6.45) is 3.44. The highest BCUT2D eigenvalue weighted by Gasteiger charge is 2.18. The Morgan fingerprint density at radius 1 is 0.949 bits per heavy atom. The maximum Gasteiger partial charge on any atom is 0.255 e. The van der Waals surface area contributed by atoms with E-state index in [2.05, 4.69) is 20.5 Å². The molecule has 3 N–H and O–H groups in total. The van der Waals surface area contributed by atoms with Crippen molar-refractivity contribution in [3.8, 4) is 16.9 Å². The Morgan fingerprint density at radius 3 is 2.49 bits per heavy atom. The minimum atomic E-state index is -0.676. The normalized spacial score (nSPS) is 13.9. The highest BCUT2D eigenvalue weighted by Crippen LogP contribution is 2.27. The lowest BCUT2D eigenvalue weighted by molar-refractivity contribution is 0.0916. The second-order valence-corrected chi connectivity index (χ2v) is 9.51. The zero-order chi connectivity index (χ0) is 27.2. The van der Waals surface area contributed by atoms with Crippen molar-refractivity contribution in [3.05, 3.63) is 114 Å². The fourth-order valence-electron chi connectivity index (χ4n) is 4.54. The SMILES string of the molecule is CN1CCOc2ccc(NC(=O)c3cccc([C@@H](CO)NC(=O)c4ccc(-c5ccncc5)cc4)c3)cc2C1. The zero-order valence-electron chi connectivity index (χ0n) is 21.6. The number of carbonyl (C=O) groups excluding carboxylic acids is 2. The van der Waals surface area contributed by atoms with Gasteiger partial charge in [0.2, 0.25) is 0 Å². The molecule has 0 spiro atoms. The predicted molar refractivity (Wildman–Crippen MR) is 150 cm³/mol. The third kappa shape index (κ3) is 6.31. The summed E-state index contributed by atoms with van der Waals surface area (Å²) in [4.78, 5) is 32.2. The summed E-state index contributed by atoms with van der Waals surface area (Å²) in [6.45, 7) is 1.88. The number of hydrogen-bond acceptors (Lipinski definition) is 6. The Kier molecular flexibility index (Phi) is 7.96. The highest BCUT2D eigenvalue weighted by molar-refractivity contribution is 6.04. The molecule has 2 amide bonds. The number of likely N-dealkylation sites (N-methyl/N-ethyl adjacent to an activating group) is 1. The maximum atomic E-state index is 13.1. The van der Waals surface area contributed by atoms with Crippen LogP contribution in [-0.2, 0) is 6.54 Å². The van der Waals surface area contributed by atoms with E-state index < -0.39 is 6.04 Å². The third-order valence-corrected chi connectivity index (χ3v) is 6.69. The van der Waals surface area contributed by atoms with Crippen LogP contribution in [0.25, 0.3) is 11.1 Å². The van der Waals surface area contributed by atoms with Gasteiger partial charge in [0, 0.05) is 47.9 Å². The fraction of sp³-hybridized carbons (Fsp3) is 0.194. The molecule has 1 aliphatic rings. The number of rotatable bonds is 7. The number of ether oxygens (including phenoxy) is 1. The van der Waals surface area contributed by atoms with Crippen LogP contribution in [0.5, 0.6) is 5.75 Å². The van der Waals surface area contributed by atoms with Crippen molar-refractivity contribution in [1.29, 1.82) is 0 Å². The molecule has 0 fully saturated rings. The van der Waals surface area contributed by atoms with E-state index >= 15 is 0 Å². The second kappa shape index (κ2) is 11.9. The maximum absolute atomic E-state index is 13.1. The number of aliphatic hydroxyl groups excluding tert-OH is 1. The zero-order valence-corrected chi connectivity index (χ0v) is 21.6. The molecule has 39 heavy (non-hydrogen) atoms. The first-order valence-corrected chi connectivity index (χ1v) is 12.8. The van der Waals surface area contributed by atoms with Crippen LogP contribution < -0.4 is 15.4 Å². The molecular weight excluding hydrogens is 492 g/mol. The molecule has 4 aromatic rings. The molecule has 0 aliphatic carbocycles. The molecule has 8 nitrogen and oxygen atoms in total. The standard InChI is InChI=1S/C31H30N4O4/c1-35-15-16-39-29-10-9-27(18-26(29)19-35)33-31(38)25-4-2-3-24(17-25)28(20-36)34-30(37)23-7-5-21(6-8-23)22-11-13-32-14-12-22/h2-14,17-18,28,36H,15-16,19-20H2,1H3,(H,33,38)(H,34,37)/t28-/m1/s1. The van der Waals surface area contributed by atoms with Gasteiger partial charge in [-0.1, -0.05) is 24.3 Å². The lowest BCUT2D eigenvalue weighted by Gasteiger charge is -2.18. The quantitative estimate of drug-likeness (QED) is 0.335. The van der Waals surface area contributed by atoms with Crippen molar-refractivity contribution in [2.75, 3.05) is 32.1 Å². The van der Waals surface area contributed by atoms with Crippen LogP contribution in [0.4, 0.5) is 5.69 Å². The molecule has 1 atom stereocenters. The van der Waals surface area contributed by atoms with E-state index in [1.807, 2.05) is 49.5 Å². The highest BCUT2D eigenvalue weighted by atomic mass is 16.5. The molecule has 2 heterocycles. The van der Waals surface area contributed by atoms with E-state index in [9.17, 15) is 14.7 Å². The number of carbonyl (C=O) groups is 2. The first-order valence-electron chi connectivity index (χ1n) is 12.8. The van der Waals surface area contributed by atoms with Crippen molar-refractivity contribution >= 4 is 17.5 Å². The van der Waals surface area contributed by atoms with Crippen molar-refractivity contribution < 1.29 is 19.4 Å². The van der Waals surface area contributed by atoms with Gasteiger partial charge >= 0.3 is 0 Å². The Bertz CT molecular complexity index is 1460. The van der Waals surface area contributed by atoms with Crippen LogP contribution in [0.2, 0.25) is 0 Å². The van der Waals surface area contributed by atoms with Gasteiger partial charge in [0.15, 0.2) is 0 Å². The molecule has 1 aromatic heterocycles. The Hall–Kier alpha value is -4.53. The van der Waals surface area contributed by atoms with Crippen molar-refractivity contribution in [2.24, 2.45) is 0 Å². The number of pyridine rings is 1. The summed E-state index contributed by atoms with van der Waals surface area (Å²) in [7, 11) is 2.03. The van der Waals surface area contributed by atoms with E-state index in [0.717, 1.165) is 35.5 Å². The molecular formula is C31H30N4O4. The van der Waals surface area contributed by atoms with Gasteiger partial charge in [-0.15, -0.1) is 0 Å². The van der Waals surface area contributed by atoms with Crippen molar-refractivity contribution in [3.63, 3.8) is 0 Å². The number of aromatic nitrogens is 1. The molecule has 3 aromatic carbocycles. The van der Waals surface area contributed by atoms with Crippen LogP contribution >= 0.6 is 0 Å². The predicted octanol–water partition coefficient (Wildman–Crippen LogP) is 4.29. The minimum Gasteiger partial charge on any atom is -0.492 e. The summed E-state index contributed by atoms with van der Waals surface area (Å²) in [5.74, 6) is 0.227. The van der Waals surface area contributed by atoms with E-state index in [4.69, 9.17) is 4.74 Å². The van der Waals surface area contributed by atoms with Crippen LogP contribution in [0.3, 0.4) is 0 Å². The van der Waals surface area contributed by atoms with Gasteiger partial charge in [-0.05, 0) is 78.3 Å². The Labute approximate surface area is 227 Å². The average molecular weight is 523 g/mol. The van der Waals surface area contributed by atoms with Gasteiger partial charge in [0.05, 0.1) is 12.6 Å². The van der Waals surface area contributed by atoms with Gasteiger partial charge in [-0.25, -0.2) is 0 Å². The molecule has 0 saturated carbocycles. The Morgan fingerprint density at radius 2 is 1.72 bits per heavy atom. The number of fused-ring (bicyclic) bond motifs is 1. The fourth-order valence-corrected chi connectivity index (χ4v) is 4.54. The van der Waals surface area contributed by atoms with Crippen molar-refractivity contribution in [2.45, 2.75) is 12.6 Å². The number of nitrogens with zero attached hydrogens (tertiary/aromatic N) is 2. The number of aliphatic hydroxyl groups is 1. The third-order valence-electron chi connectivity index (χ3n) is 6.69. The van der Waals surface area contributed by atoms with Crippen LogP contribution in [0, 0.1) is 0 Å². The van der Waals surface area contributed by atoms with Gasteiger partial charge < -0.3 is 20.5 Å². The number of hydrogen-bond donors (Lipinski definition) is 3. The average Bonchev–Trinajstić information content (AvgIpc) is 3.16. The Balaban J connectivity index is 1.26. The largest absolute Gasteiger partial charge is 0.492 e. The van der Waals surface area contributed by atoms with E-state index in [1.54, 1.807) is 48.8 Å². The molecule has 0 radical (unpaired) electrons. The summed E-state index contributed by atoms with van der Waals surface area (Å²) in [5, 5.41) is 15.9. The molecule has 1 aliphatic heterocycles. The smallest absolute Gasteiger partial charge is 0.255 e. The number of amides is 2. The first kappa shape index (κ1) is 26.1. The molecule has 0 bridgehead atoms. The molecule has 0 unspecified atom stereocenters. The summed E-state index contributed by atoms with van der Waals surface area (Å²) < 4.78 is 5.79. The molecule has 5 rings (SSSR count). The van der Waals surface area contributed by atoms with E-state index in [-0.39, 0.29) is 18.4 Å². The van der Waals surface area contributed by atoms with Gasteiger partial charge in [-0.3, -0.25) is 19.5 Å². The molecule has 8 heteroatoms. The molecule has 198 valence electrons. The number of benzene rings is 3. The number of nitrogens with one attached hydrogen (secondary N) is 2. The van der Waals surface area contributed by atoms with Gasteiger partial charge in [0.25, 0.3) is 11.8 Å². The minimum absolute atomic E-state index is 0.283. The van der Waals surface area contributed by atoms with Crippen LogP contribution in [-0.4, -0.2) is 53.6 Å². The first-order chi connectivity index (χ1) is 19.0. The second-order valence-electron chi connectivity index (χ2n) is 9.51. The monoisotopic (exact) mass is 522 g/mol. The van der Waals surface area contributed by atoms with Gasteiger partial charge in [-0.2, -0.15) is 0 Å².